The van der Waals surface area contributed by atoms with Crippen LogP contribution in [-0.2, 0) is 43.2 Å². The van der Waals surface area contributed by atoms with Crippen molar-refractivity contribution in [1.82, 2.24) is 19.5 Å². The summed E-state index contributed by atoms with van der Waals surface area (Å²) in [5, 5.41) is 7.32. The van der Waals surface area contributed by atoms with Crippen LogP contribution < -0.4 is 10.0 Å². The largest absolute Gasteiger partial charge is 0.331 e. The quantitative estimate of drug-likeness (QED) is 0.662. The minimum absolute atomic E-state index is 0.0876. The number of carbonyl (C=O) groups excluding carboxylic acids is 1. The van der Waals surface area contributed by atoms with Crippen molar-refractivity contribution in [3.8, 4) is 0 Å². The lowest BCUT2D eigenvalue weighted by atomic mass is 9.99. The molecule has 5 rings (SSSR count). The van der Waals surface area contributed by atoms with Crippen molar-refractivity contribution in [3.05, 3.63) is 70.5 Å². The van der Waals surface area contributed by atoms with Crippen LogP contribution in [0.4, 0.5) is 10.5 Å². The van der Waals surface area contributed by atoms with E-state index in [1.54, 1.807) is 4.68 Å². The van der Waals surface area contributed by atoms with Crippen LogP contribution in [-0.4, -0.2) is 25.0 Å². The summed E-state index contributed by atoms with van der Waals surface area (Å²) < 4.78 is 16.7. The first-order valence-electron chi connectivity index (χ1n) is 10.3. The number of nitrogens with zero attached hydrogens (tertiary/aromatic N) is 3. The fraction of sp³-hybridized carbons (Fsp3) is 0.318. The van der Waals surface area contributed by atoms with Crippen LogP contribution in [0.5, 0.6) is 0 Å². The van der Waals surface area contributed by atoms with Gasteiger partial charge in [0.25, 0.3) is 5.16 Å². The lowest BCUT2D eigenvalue weighted by Crippen LogP contribution is -2.31. The third-order valence-electron chi connectivity index (χ3n) is 5.77. The maximum Gasteiger partial charge on any atom is 0.331 e. The Morgan fingerprint density at radius 3 is 2.43 bits per heavy atom. The lowest BCUT2D eigenvalue weighted by molar-refractivity contribution is 0.257. The number of aryl methyl sites for hydroxylation is 2. The fourth-order valence-electron chi connectivity index (χ4n) is 4.45. The molecule has 30 heavy (non-hydrogen) atoms. The van der Waals surface area contributed by atoms with E-state index in [4.69, 9.17) is 0 Å². The number of carbonyl (C=O) groups is 1. The molecule has 0 bridgehead atoms. The van der Waals surface area contributed by atoms with Gasteiger partial charge in [-0.15, -0.1) is 5.10 Å². The summed E-state index contributed by atoms with van der Waals surface area (Å²) in [6.07, 6.45) is 7.84. The van der Waals surface area contributed by atoms with E-state index >= 15 is 0 Å². The first kappa shape index (κ1) is 19.0. The molecule has 154 valence electrons. The average molecular weight is 422 g/mol. The Morgan fingerprint density at radius 2 is 1.73 bits per heavy atom. The number of fused-ring (bicyclic) bond motifs is 2. The van der Waals surface area contributed by atoms with Crippen LogP contribution in [0.3, 0.4) is 0 Å². The number of hydrogen-bond acceptors (Lipinski definition) is 4. The summed E-state index contributed by atoms with van der Waals surface area (Å²) in [4.78, 5) is 16.7. The summed E-state index contributed by atoms with van der Waals surface area (Å²) in [7, 11) is -1.83. The van der Waals surface area contributed by atoms with Gasteiger partial charge in [0.05, 0.1) is 6.54 Å². The highest BCUT2D eigenvalue weighted by atomic mass is 32.2. The molecule has 0 spiro atoms. The summed E-state index contributed by atoms with van der Waals surface area (Å²) >= 11 is 0. The van der Waals surface area contributed by atoms with Gasteiger partial charge in [-0.3, -0.25) is 0 Å². The minimum atomic E-state index is -1.83. The molecular weight excluding hydrogens is 398 g/mol. The molecule has 7 nitrogen and oxygen atoms in total. The highest BCUT2D eigenvalue weighted by molar-refractivity contribution is 7.83. The van der Waals surface area contributed by atoms with Gasteiger partial charge in [0.2, 0.25) is 0 Å². The molecule has 2 aliphatic rings. The summed E-state index contributed by atoms with van der Waals surface area (Å²) in [6.45, 7) is 0.527. The van der Waals surface area contributed by atoms with Gasteiger partial charge in [-0.2, -0.15) is 0 Å². The first-order valence-corrected chi connectivity index (χ1v) is 11.4. The standard InChI is InChI=1S/C22H23N5O2S/c28-21(24-20-18-10-4-8-16(18)12-17-9-5-11-19(17)20)26-30(29)22-23-14-27(25-22)13-15-6-2-1-3-7-15/h1-3,6-7,12,14H,4-5,8-11,13H2,(H2,24,26,28). The van der Waals surface area contributed by atoms with Crippen LogP contribution in [0, 0.1) is 0 Å². The van der Waals surface area contributed by atoms with Gasteiger partial charge < -0.3 is 5.32 Å². The minimum Gasteiger partial charge on any atom is -0.307 e. The molecule has 8 heteroatoms. The predicted molar refractivity (Wildman–Crippen MR) is 115 cm³/mol. The summed E-state index contributed by atoms with van der Waals surface area (Å²) in [6, 6.07) is 11.7. The van der Waals surface area contributed by atoms with E-state index in [1.165, 1.54) is 28.6 Å². The molecule has 3 aromatic rings. The second kappa shape index (κ2) is 8.02. The van der Waals surface area contributed by atoms with Gasteiger partial charge in [-0.05, 0) is 66.3 Å². The Morgan fingerprint density at radius 1 is 1.03 bits per heavy atom. The van der Waals surface area contributed by atoms with Gasteiger partial charge in [0, 0.05) is 5.69 Å². The van der Waals surface area contributed by atoms with E-state index in [0.29, 0.717) is 6.54 Å². The second-order valence-electron chi connectivity index (χ2n) is 7.77. The molecule has 2 N–H and O–H groups in total. The molecule has 0 aliphatic heterocycles. The zero-order valence-electron chi connectivity index (χ0n) is 16.6. The Kier molecular flexibility index (Phi) is 5.08. The van der Waals surface area contributed by atoms with Gasteiger partial charge >= 0.3 is 6.03 Å². The number of hydrogen-bond donors (Lipinski definition) is 2. The molecule has 0 radical (unpaired) electrons. The SMILES string of the molecule is O=C(Nc1c2c(cc3c1CCC3)CCC2)NS(=O)c1ncn(Cc2ccccc2)n1. The summed E-state index contributed by atoms with van der Waals surface area (Å²) in [5.74, 6) is 0. The molecule has 2 amide bonds. The molecule has 1 heterocycles. The van der Waals surface area contributed by atoms with E-state index in [2.05, 4.69) is 26.2 Å². The van der Waals surface area contributed by atoms with Crippen LogP contribution in [0.25, 0.3) is 0 Å². The van der Waals surface area contributed by atoms with Crippen LogP contribution in [0.15, 0.2) is 47.9 Å². The van der Waals surface area contributed by atoms with Gasteiger partial charge in [-0.1, -0.05) is 36.4 Å². The molecule has 1 unspecified atom stereocenters. The average Bonchev–Trinajstić information content (AvgIpc) is 3.49. The molecule has 0 fully saturated rings. The van der Waals surface area contributed by atoms with Crippen molar-refractivity contribution < 1.29 is 9.00 Å². The fourth-order valence-corrected chi connectivity index (χ4v) is 5.08. The molecule has 2 aromatic carbocycles. The zero-order valence-corrected chi connectivity index (χ0v) is 17.4. The topological polar surface area (TPSA) is 88.9 Å². The Labute approximate surface area is 177 Å². The second-order valence-corrected chi connectivity index (χ2v) is 8.88. The maximum atomic E-state index is 12.6. The molecular formula is C22H23N5O2S. The van der Waals surface area contributed by atoms with Gasteiger partial charge in [0.1, 0.15) is 6.33 Å². The van der Waals surface area contributed by atoms with E-state index in [0.717, 1.165) is 49.8 Å². The van der Waals surface area contributed by atoms with Gasteiger partial charge in [-0.25, -0.2) is 23.4 Å². The maximum absolute atomic E-state index is 12.6. The molecule has 2 aliphatic carbocycles. The number of amides is 2. The molecule has 1 atom stereocenters. The zero-order chi connectivity index (χ0) is 20.5. The first-order chi connectivity index (χ1) is 14.7. The monoisotopic (exact) mass is 421 g/mol. The van der Waals surface area contributed by atoms with E-state index in [-0.39, 0.29) is 5.16 Å². The lowest BCUT2D eigenvalue weighted by Gasteiger charge is -2.16. The van der Waals surface area contributed by atoms with Crippen LogP contribution >= 0.6 is 0 Å². The van der Waals surface area contributed by atoms with Crippen LogP contribution in [0.2, 0.25) is 0 Å². The van der Waals surface area contributed by atoms with Crippen molar-refractivity contribution in [2.24, 2.45) is 0 Å². The highest BCUT2D eigenvalue weighted by Gasteiger charge is 2.25. The normalized spacial score (nSPS) is 15.5. The third kappa shape index (κ3) is 3.75. The van der Waals surface area contributed by atoms with Crippen molar-refractivity contribution >= 4 is 22.7 Å². The number of benzene rings is 2. The summed E-state index contributed by atoms with van der Waals surface area (Å²) in [5.41, 5.74) is 7.15. The Bertz CT molecular complexity index is 1090. The van der Waals surface area contributed by atoms with Gasteiger partial charge in [0.15, 0.2) is 11.0 Å². The molecule has 1 aromatic heterocycles. The number of urea groups is 1. The van der Waals surface area contributed by atoms with Crippen molar-refractivity contribution in [2.45, 2.75) is 50.2 Å². The van der Waals surface area contributed by atoms with E-state index < -0.39 is 17.0 Å². The predicted octanol–water partition coefficient (Wildman–Crippen LogP) is 3.15. The van der Waals surface area contributed by atoms with Crippen LogP contribution in [0.1, 0.15) is 40.7 Å². The molecule has 0 saturated heterocycles. The van der Waals surface area contributed by atoms with E-state index in [9.17, 15) is 9.00 Å². The van der Waals surface area contributed by atoms with Crippen molar-refractivity contribution in [1.29, 1.82) is 0 Å². The van der Waals surface area contributed by atoms with E-state index in [1.807, 2.05) is 30.3 Å². The Balaban J connectivity index is 1.27. The smallest absolute Gasteiger partial charge is 0.307 e. The number of anilines is 1. The molecule has 0 saturated carbocycles. The van der Waals surface area contributed by atoms with Crippen molar-refractivity contribution in [2.75, 3.05) is 5.32 Å². The van der Waals surface area contributed by atoms with Crippen molar-refractivity contribution in [3.63, 3.8) is 0 Å². The number of aromatic nitrogens is 3. The Hall–Kier alpha value is -3.00. The highest BCUT2D eigenvalue weighted by Crippen LogP contribution is 2.38. The number of rotatable bonds is 5. The number of nitrogens with one attached hydrogen (secondary N) is 2. The third-order valence-corrected chi connectivity index (χ3v) is 6.66.